The van der Waals surface area contributed by atoms with Crippen LogP contribution in [0.15, 0.2) is 15.5 Å². The number of hydrogen-bond donors (Lipinski definition) is 1. The Labute approximate surface area is 115 Å². The molecule has 0 spiro atoms. The van der Waals surface area contributed by atoms with Crippen LogP contribution >= 0.6 is 15.9 Å². The predicted molar refractivity (Wildman–Crippen MR) is 73.9 cm³/mol. The van der Waals surface area contributed by atoms with E-state index >= 15 is 0 Å². The zero-order valence-corrected chi connectivity index (χ0v) is 12.2. The van der Waals surface area contributed by atoms with Gasteiger partial charge < -0.3 is 10.1 Å². The number of rotatable bonds is 4. The van der Waals surface area contributed by atoms with Crippen molar-refractivity contribution in [3.8, 4) is 0 Å². The summed E-state index contributed by atoms with van der Waals surface area (Å²) >= 11 is 3.33. The normalized spacial score (nSPS) is 20.9. The van der Waals surface area contributed by atoms with E-state index in [4.69, 9.17) is 4.74 Å². The van der Waals surface area contributed by atoms with Gasteiger partial charge in [-0.15, -0.1) is 0 Å². The van der Waals surface area contributed by atoms with Crippen molar-refractivity contribution >= 4 is 21.6 Å². The molecule has 1 saturated heterocycles. The van der Waals surface area contributed by atoms with Crippen molar-refractivity contribution in [2.24, 2.45) is 0 Å². The minimum atomic E-state index is -0.109. The van der Waals surface area contributed by atoms with Crippen molar-refractivity contribution in [2.75, 3.05) is 11.9 Å². The number of anilines is 1. The molecule has 1 N–H and O–H groups in total. The highest BCUT2D eigenvalue weighted by molar-refractivity contribution is 9.10. The molecule has 0 amide bonds. The molecule has 0 bridgehead atoms. The van der Waals surface area contributed by atoms with E-state index in [9.17, 15) is 4.79 Å². The Kier molecular flexibility index (Phi) is 4.40. The first-order valence-electron chi connectivity index (χ1n) is 6.27. The summed E-state index contributed by atoms with van der Waals surface area (Å²) < 4.78 is 7.57. The first kappa shape index (κ1) is 13.5. The summed E-state index contributed by atoms with van der Waals surface area (Å²) in [7, 11) is 0. The molecule has 2 rings (SSSR count). The van der Waals surface area contributed by atoms with Crippen LogP contribution in [0.1, 0.15) is 26.7 Å². The van der Waals surface area contributed by atoms with E-state index in [1.165, 1.54) is 4.68 Å². The van der Waals surface area contributed by atoms with E-state index < -0.39 is 0 Å². The maximum absolute atomic E-state index is 11.9. The van der Waals surface area contributed by atoms with Crippen LogP contribution < -0.4 is 10.9 Å². The molecule has 0 aromatic carbocycles. The lowest BCUT2D eigenvalue weighted by Gasteiger charge is -2.21. The van der Waals surface area contributed by atoms with Gasteiger partial charge in [-0.25, -0.2) is 4.68 Å². The molecule has 0 radical (unpaired) electrons. The Hall–Kier alpha value is -0.880. The number of aromatic nitrogens is 2. The van der Waals surface area contributed by atoms with Crippen LogP contribution in [0.2, 0.25) is 0 Å². The quantitative estimate of drug-likeness (QED) is 0.923. The average Bonchev–Trinajstić information content (AvgIpc) is 2.89. The molecular formula is C12H18BrN3O2. The van der Waals surface area contributed by atoms with Gasteiger partial charge in [-0.3, -0.25) is 4.79 Å². The molecule has 2 heterocycles. The highest BCUT2D eigenvalue weighted by Gasteiger charge is 2.23. The molecule has 1 aromatic rings. The van der Waals surface area contributed by atoms with Crippen LogP contribution in [0.3, 0.4) is 0 Å². The van der Waals surface area contributed by atoms with Gasteiger partial charge >= 0.3 is 0 Å². The maximum atomic E-state index is 11.9. The van der Waals surface area contributed by atoms with Crippen molar-refractivity contribution in [1.29, 1.82) is 0 Å². The smallest absolute Gasteiger partial charge is 0.283 e. The van der Waals surface area contributed by atoms with Crippen LogP contribution in [0.5, 0.6) is 0 Å². The van der Waals surface area contributed by atoms with Crippen LogP contribution in [0.4, 0.5) is 5.69 Å². The van der Waals surface area contributed by atoms with Crippen molar-refractivity contribution < 1.29 is 4.74 Å². The van der Waals surface area contributed by atoms with Crippen molar-refractivity contribution in [3.05, 3.63) is 21.0 Å². The first-order chi connectivity index (χ1) is 8.63. The van der Waals surface area contributed by atoms with Crippen LogP contribution in [0.25, 0.3) is 0 Å². The van der Waals surface area contributed by atoms with Gasteiger partial charge in [0.2, 0.25) is 0 Å². The van der Waals surface area contributed by atoms with E-state index in [0.717, 1.165) is 25.1 Å². The molecule has 5 nitrogen and oxygen atoms in total. The minimum absolute atomic E-state index is 0.109. The van der Waals surface area contributed by atoms with Gasteiger partial charge in [0.05, 0.1) is 18.0 Å². The van der Waals surface area contributed by atoms with Crippen LogP contribution in [-0.2, 0) is 11.3 Å². The lowest BCUT2D eigenvalue weighted by Crippen LogP contribution is -2.32. The SMILES string of the molecule is CCn1ncc(NC(C)C2CCCO2)c(Br)c1=O. The number of ether oxygens (including phenoxy) is 1. The Morgan fingerprint density at radius 1 is 1.72 bits per heavy atom. The molecule has 1 aliphatic rings. The fourth-order valence-electron chi connectivity index (χ4n) is 2.13. The lowest BCUT2D eigenvalue weighted by molar-refractivity contribution is 0.0996. The molecule has 100 valence electrons. The number of halogens is 1. The van der Waals surface area contributed by atoms with E-state index in [0.29, 0.717) is 11.0 Å². The number of hydrogen-bond acceptors (Lipinski definition) is 4. The topological polar surface area (TPSA) is 56.1 Å². The molecular weight excluding hydrogens is 298 g/mol. The summed E-state index contributed by atoms with van der Waals surface area (Å²) in [6.45, 7) is 5.35. The van der Waals surface area contributed by atoms with E-state index in [-0.39, 0.29) is 17.7 Å². The van der Waals surface area contributed by atoms with Crippen LogP contribution in [-0.4, -0.2) is 28.5 Å². The summed E-state index contributed by atoms with van der Waals surface area (Å²) in [5, 5.41) is 7.40. The Morgan fingerprint density at radius 3 is 3.11 bits per heavy atom. The fraction of sp³-hybridized carbons (Fsp3) is 0.667. The van der Waals surface area contributed by atoms with E-state index in [2.05, 4.69) is 33.3 Å². The summed E-state index contributed by atoms with van der Waals surface area (Å²) in [4.78, 5) is 11.9. The Bertz CT molecular complexity index is 469. The second-order valence-corrected chi connectivity index (χ2v) is 5.27. The Balaban J connectivity index is 2.14. The third kappa shape index (κ3) is 2.75. The first-order valence-corrected chi connectivity index (χ1v) is 7.06. The highest BCUT2D eigenvalue weighted by Crippen LogP contribution is 2.22. The van der Waals surface area contributed by atoms with Crippen molar-refractivity contribution in [3.63, 3.8) is 0 Å². The zero-order chi connectivity index (χ0) is 13.1. The summed E-state index contributed by atoms with van der Waals surface area (Å²) in [6.07, 6.45) is 4.06. The Morgan fingerprint density at radius 2 is 2.50 bits per heavy atom. The molecule has 18 heavy (non-hydrogen) atoms. The van der Waals surface area contributed by atoms with Crippen molar-refractivity contribution in [2.45, 2.75) is 45.4 Å². The van der Waals surface area contributed by atoms with Crippen LogP contribution in [0, 0.1) is 0 Å². The van der Waals surface area contributed by atoms with Gasteiger partial charge in [0, 0.05) is 19.2 Å². The summed E-state index contributed by atoms with van der Waals surface area (Å²) in [6, 6.07) is 0.169. The fourth-order valence-corrected chi connectivity index (χ4v) is 2.55. The molecule has 0 saturated carbocycles. The lowest BCUT2D eigenvalue weighted by atomic mass is 10.1. The number of nitrogens with zero attached hydrogens (tertiary/aromatic N) is 2. The highest BCUT2D eigenvalue weighted by atomic mass is 79.9. The number of aryl methyl sites for hydroxylation is 1. The second-order valence-electron chi connectivity index (χ2n) is 4.48. The molecule has 1 fully saturated rings. The average molecular weight is 316 g/mol. The maximum Gasteiger partial charge on any atom is 0.283 e. The number of nitrogens with one attached hydrogen (secondary N) is 1. The monoisotopic (exact) mass is 315 g/mol. The molecule has 6 heteroatoms. The zero-order valence-electron chi connectivity index (χ0n) is 10.6. The predicted octanol–water partition coefficient (Wildman–Crippen LogP) is 2.01. The van der Waals surface area contributed by atoms with Gasteiger partial charge in [0.15, 0.2) is 0 Å². The molecule has 0 aliphatic carbocycles. The minimum Gasteiger partial charge on any atom is -0.378 e. The summed E-state index contributed by atoms with van der Waals surface area (Å²) in [5.74, 6) is 0. The third-order valence-electron chi connectivity index (χ3n) is 3.19. The molecule has 1 aromatic heterocycles. The molecule has 2 unspecified atom stereocenters. The van der Waals surface area contributed by atoms with Gasteiger partial charge in [0.1, 0.15) is 4.47 Å². The van der Waals surface area contributed by atoms with Gasteiger partial charge in [-0.2, -0.15) is 5.10 Å². The van der Waals surface area contributed by atoms with Crippen molar-refractivity contribution in [1.82, 2.24) is 9.78 Å². The van der Waals surface area contributed by atoms with Gasteiger partial charge in [-0.1, -0.05) is 0 Å². The van der Waals surface area contributed by atoms with E-state index in [1.54, 1.807) is 6.20 Å². The molecule has 2 atom stereocenters. The largest absolute Gasteiger partial charge is 0.378 e. The molecule has 1 aliphatic heterocycles. The third-order valence-corrected chi connectivity index (χ3v) is 3.96. The second kappa shape index (κ2) is 5.84. The van der Waals surface area contributed by atoms with Gasteiger partial charge in [0.25, 0.3) is 5.56 Å². The standard InChI is InChI=1S/C12H18BrN3O2/c1-3-16-12(17)11(13)9(7-14-16)15-8(2)10-5-4-6-18-10/h7-8,10,15H,3-6H2,1-2H3. The van der Waals surface area contributed by atoms with E-state index in [1.807, 2.05) is 6.92 Å². The van der Waals surface area contributed by atoms with Gasteiger partial charge in [-0.05, 0) is 42.6 Å². The summed E-state index contributed by atoms with van der Waals surface area (Å²) in [5.41, 5.74) is 0.620.